The van der Waals surface area contributed by atoms with E-state index in [4.69, 9.17) is 36.3 Å². The molecule has 0 radical (unpaired) electrons. The molecule has 0 atom stereocenters. The lowest BCUT2D eigenvalue weighted by atomic mass is 10.1. The van der Waals surface area contributed by atoms with Crippen molar-refractivity contribution in [2.45, 2.75) is 0 Å². The van der Waals surface area contributed by atoms with Crippen molar-refractivity contribution in [2.24, 2.45) is 5.10 Å². The third-order valence-corrected chi connectivity index (χ3v) is 4.49. The Labute approximate surface area is 140 Å². The van der Waals surface area contributed by atoms with E-state index in [9.17, 15) is 0 Å². The number of rotatable bonds is 4. The molecule has 0 unspecified atom stereocenters. The molecule has 1 N–H and O–H groups in total. The molecule has 124 valence electrons. The predicted molar refractivity (Wildman–Crippen MR) is 89.2 cm³/mol. The topological polar surface area (TPSA) is 61.3 Å². The largest absolute Gasteiger partial charge is 0.493 e. The molecule has 1 spiro atoms. The van der Waals surface area contributed by atoms with Crippen molar-refractivity contribution in [2.75, 3.05) is 47.6 Å². The highest BCUT2D eigenvalue weighted by Crippen LogP contribution is 2.38. The molecular formula is C15H20N3O4S+. The van der Waals surface area contributed by atoms with Gasteiger partial charge < -0.3 is 18.9 Å². The monoisotopic (exact) mass is 338 g/mol. The van der Waals surface area contributed by atoms with Crippen LogP contribution in [-0.2, 0) is 4.74 Å². The van der Waals surface area contributed by atoms with Gasteiger partial charge in [-0.25, -0.2) is 0 Å². The zero-order valence-corrected chi connectivity index (χ0v) is 14.2. The summed E-state index contributed by atoms with van der Waals surface area (Å²) in [6.45, 7) is 2.77. The van der Waals surface area contributed by atoms with Crippen LogP contribution in [-0.4, -0.2) is 63.2 Å². The lowest BCUT2D eigenvalue weighted by Crippen LogP contribution is -2.54. The molecule has 1 aromatic carbocycles. The van der Waals surface area contributed by atoms with Gasteiger partial charge in [0.25, 0.3) is 0 Å². The number of nitrogens with zero attached hydrogens (tertiary/aromatic N) is 2. The summed E-state index contributed by atoms with van der Waals surface area (Å²) >= 11 is 5.50. The van der Waals surface area contributed by atoms with Crippen molar-refractivity contribution in [3.05, 3.63) is 17.7 Å². The van der Waals surface area contributed by atoms with E-state index in [0.717, 1.165) is 18.7 Å². The number of benzene rings is 1. The molecule has 1 fully saturated rings. The molecule has 3 rings (SSSR count). The van der Waals surface area contributed by atoms with Crippen molar-refractivity contribution >= 4 is 23.2 Å². The second-order valence-corrected chi connectivity index (χ2v) is 5.66. The standard InChI is InChI=1S/C15H19N3O4S/c1-19-11-8-10(9-12(20-2)13(11)21-3)14-16-15(23)18(17-14)4-6-22-7-5-18/h8-9H,4-7H2,1-3H3/p+1. The molecule has 2 heterocycles. The zero-order valence-electron chi connectivity index (χ0n) is 13.4. The van der Waals surface area contributed by atoms with Crippen molar-refractivity contribution < 1.29 is 23.5 Å². The third kappa shape index (κ3) is 2.73. The lowest BCUT2D eigenvalue weighted by Gasteiger charge is -2.29. The van der Waals surface area contributed by atoms with Gasteiger partial charge in [-0.3, -0.25) is 5.32 Å². The molecule has 2 aliphatic heterocycles. The number of nitrogens with one attached hydrogen (secondary N) is 1. The Hall–Kier alpha value is -1.90. The van der Waals surface area contributed by atoms with Crippen LogP contribution in [0.3, 0.4) is 0 Å². The number of amidine groups is 1. The minimum atomic E-state index is 0.390. The van der Waals surface area contributed by atoms with E-state index in [0.29, 0.717) is 46.0 Å². The summed E-state index contributed by atoms with van der Waals surface area (Å²) in [5, 5.41) is 8.72. The van der Waals surface area contributed by atoms with Gasteiger partial charge in [0.2, 0.25) is 5.75 Å². The Morgan fingerprint density at radius 2 is 1.70 bits per heavy atom. The molecule has 23 heavy (non-hydrogen) atoms. The number of thiocarbonyl (C=S) groups is 1. The summed E-state index contributed by atoms with van der Waals surface area (Å²) in [5.74, 6) is 2.42. The van der Waals surface area contributed by atoms with Gasteiger partial charge in [-0.15, -0.1) is 4.59 Å². The first kappa shape index (κ1) is 16.0. The van der Waals surface area contributed by atoms with Gasteiger partial charge in [-0.2, -0.15) is 0 Å². The average molecular weight is 338 g/mol. The van der Waals surface area contributed by atoms with Crippen LogP contribution < -0.4 is 19.5 Å². The molecule has 1 saturated heterocycles. The van der Waals surface area contributed by atoms with E-state index in [1.807, 2.05) is 12.1 Å². The van der Waals surface area contributed by atoms with Crippen molar-refractivity contribution in [3.63, 3.8) is 0 Å². The quantitative estimate of drug-likeness (QED) is 0.655. The highest BCUT2D eigenvalue weighted by atomic mass is 32.1. The van der Waals surface area contributed by atoms with Gasteiger partial charge in [-0.1, -0.05) is 5.10 Å². The number of ether oxygens (including phenoxy) is 4. The first-order valence-electron chi connectivity index (χ1n) is 7.30. The second-order valence-electron chi connectivity index (χ2n) is 5.28. The van der Waals surface area contributed by atoms with E-state index in [2.05, 4.69) is 5.32 Å². The van der Waals surface area contributed by atoms with Crippen LogP contribution >= 0.6 is 12.2 Å². The molecule has 0 saturated carbocycles. The van der Waals surface area contributed by atoms with E-state index in [1.165, 1.54) is 0 Å². The smallest absolute Gasteiger partial charge is 0.302 e. The van der Waals surface area contributed by atoms with Crippen LogP contribution in [0.25, 0.3) is 0 Å². The number of quaternary nitrogens is 1. The Morgan fingerprint density at radius 1 is 1.09 bits per heavy atom. The summed E-state index contributed by atoms with van der Waals surface area (Å²) in [6.07, 6.45) is 0. The SMILES string of the molecule is COc1cc(C2=N[N+]3(CCOCC3)C(=S)N2)cc(OC)c1OC. The van der Waals surface area contributed by atoms with E-state index in [-0.39, 0.29) is 0 Å². The minimum Gasteiger partial charge on any atom is -0.493 e. The molecule has 0 bridgehead atoms. The molecule has 1 aromatic rings. The maximum atomic E-state index is 5.50. The van der Waals surface area contributed by atoms with Crippen molar-refractivity contribution in [3.8, 4) is 17.2 Å². The first-order valence-corrected chi connectivity index (χ1v) is 7.71. The fourth-order valence-corrected chi connectivity index (χ4v) is 3.08. The van der Waals surface area contributed by atoms with Crippen LogP contribution in [0.15, 0.2) is 17.2 Å². The maximum absolute atomic E-state index is 5.50. The molecule has 0 aromatic heterocycles. The lowest BCUT2D eigenvalue weighted by molar-refractivity contribution is -0.853. The normalized spacial score (nSPS) is 19.3. The van der Waals surface area contributed by atoms with Crippen molar-refractivity contribution in [1.82, 2.24) is 5.32 Å². The third-order valence-electron chi connectivity index (χ3n) is 4.04. The van der Waals surface area contributed by atoms with Crippen LogP contribution in [0.2, 0.25) is 0 Å². The zero-order chi connectivity index (χ0) is 16.4. The fourth-order valence-electron chi connectivity index (χ4n) is 2.76. The molecule has 8 heteroatoms. The summed E-state index contributed by atoms with van der Waals surface area (Å²) in [5.41, 5.74) is 0.836. The number of methoxy groups -OCH3 is 3. The van der Waals surface area contributed by atoms with Gasteiger partial charge in [0, 0.05) is 17.8 Å². The molecular weight excluding hydrogens is 318 g/mol. The highest BCUT2D eigenvalue weighted by Gasteiger charge is 2.43. The fraction of sp³-hybridized carbons (Fsp3) is 0.467. The van der Waals surface area contributed by atoms with Gasteiger partial charge in [0.1, 0.15) is 13.1 Å². The van der Waals surface area contributed by atoms with Crippen LogP contribution in [0, 0.1) is 0 Å². The molecule has 0 amide bonds. The van der Waals surface area contributed by atoms with Gasteiger partial charge in [0.05, 0.1) is 34.5 Å². The van der Waals surface area contributed by atoms with Gasteiger partial charge >= 0.3 is 5.11 Å². The average Bonchev–Trinajstić information content (AvgIpc) is 2.90. The maximum Gasteiger partial charge on any atom is 0.302 e. The van der Waals surface area contributed by atoms with E-state index >= 15 is 0 Å². The molecule has 7 nitrogen and oxygen atoms in total. The summed E-state index contributed by atoms with van der Waals surface area (Å²) in [6, 6.07) is 3.72. The summed E-state index contributed by atoms with van der Waals surface area (Å²) < 4.78 is 22.0. The predicted octanol–water partition coefficient (Wildman–Crippen LogP) is 1.11. The Balaban J connectivity index is 2.02. The van der Waals surface area contributed by atoms with Crippen LogP contribution in [0.4, 0.5) is 0 Å². The second kappa shape index (κ2) is 6.31. The van der Waals surface area contributed by atoms with Gasteiger partial charge in [0.15, 0.2) is 17.3 Å². The number of hydrogen-bond donors (Lipinski definition) is 1. The number of hydrogen-bond acceptors (Lipinski definition) is 6. The van der Waals surface area contributed by atoms with Gasteiger partial charge in [-0.05, 0) is 12.1 Å². The first-order chi connectivity index (χ1) is 11.1. The Bertz CT molecular complexity index is 631. The Morgan fingerprint density at radius 3 is 2.22 bits per heavy atom. The van der Waals surface area contributed by atoms with Crippen LogP contribution in [0.1, 0.15) is 5.56 Å². The molecule has 2 aliphatic rings. The van der Waals surface area contributed by atoms with E-state index < -0.39 is 0 Å². The van der Waals surface area contributed by atoms with E-state index in [1.54, 1.807) is 21.3 Å². The molecule has 0 aliphatic carbocycles. The minimum absolute atomic E-state index is 0.390. The summed E-state index contributed by atoms with van der Waals surface area (Å²) in [4.78, 5) is 0. The highest BCUT2D eigenvalue weighted by molar-refractivity contribution is 7.80. The van der Waals surface area contributed by atoms with Crippen LogP contribution in [0.5, 0.6) is 17.2 Å². The number of morpholine rings is 1. The summed E-state index contributed by atoms with van der Waals surface area (Å²) in [7, 11) is 4.76. The van der Waals surface area contributed by atoms with Crippen molar-refractivity contribution in [1.29, 1.82) is 0 Å². The Kier molecular flexibility index (Phi) is 4.38.